The number of rotatable bonds is 4. The van der Waals surface area contributed by atoms with Crippen molar-refractivity contribution in [2.75, 3.05) is 0 Å². The van der Waals surface area contributed by atoms with Gasteiger partial charge in [0.1, 0.15) is 0 Å². The van der Waals surface area contributed by atoms with Crippen molar-refractivity contribution in [3.8, 4) is 5.82 Å². The summed E-state index contributed by atoms with van der Waals surface area (Å²) in [6.45, 7) is 4.65. The van der Waals surface area contributed by atoms with Gasteiger partial charge >= 0.3 is 0 Å². The van der Waals surface area contributed by atoms with Crippen molar-refractivity contribution >= 4 is 0 Å². The summed E-state index contributed by atoms with van der Waals surface area (Å²) in [6, 6.07) is 6.03. The molecule has 0 spiro atoms. The van der Waals surface area contributed by atoms with Crippen molar-refractivity contribution in [1.82, 2.24) is 14.8 Å². The molecular formula is C13H18N4. The summed E-state index contributed by atoms with van der Waals surface area (Å²) in [5.41, 5.74) is 8.88. The molecule has 0 aliphatic heterocycles. The Kier molecular flexibility index (Phi) is 3.54. The van der Waals surface area contributed by atoms with E-state index in [1.807, 2.05) is 25.3 Å². The summed E-state index contributed by atoms with van der Waals surface area (Å²) in [7, 11) is 0. The molecule has 0 aromatic carbocycles. The van der Waals surface area contributed by atoms with Gasteiger partial charge in [-0.1, -0.05) is 13.3 Å². The predicted molar refractivity (Wildman–Crippen MR) is 68.0 cm³/mol. The fraction of sp³-hybridized carbons (Fsp3) is 0.385. The van der Waals surface area contributed by atoms with Gasteiger partial charge in [-0.3, -0.25) is 0 Å². The Balaban J connectivity index is 2.42. The van der Waals surface area contributed by atoms with Gasteiger partial charge in [-0.25, -0.2) is 9.67 Å². The number of nitrogens with zero attached hydrogens (tertiary/aromatic N) is 3. The van der Waals surface area contributed by atoms with Crippen LogP contribution in [0.25, 0.3) is 5.82 Å². The van der Waals surface area contributed by atoms with Crippen LogP contribution >= 0.6 is 0 Å². The third kappa shape index (κ3) is 2.71. The lowest BCUT2D eigenvalue weighted by Crippen LogP contribution is -2.05. The summed E-state index contributed by atoms with van der Waals surface area (Å²) >= 11 is 0. The summed E-state index contributed by atoms with van der Waals surface area (Å²) in [4.78, 5) is 4.60. The number of aryl methyl sites for hydroxylation is 2. The molecular weight excluding hydrogens is 212 g/mol. The molecule has 90 valence electrons. The molecule has 0 unspecified atom stereocenters. The molecule has 0 atom stereocenters. The maximum atomic E-state index is 5.71. The molecule has 2 rings (SSSR count). The zero-order valence-electron chi connectivity index (χ0n) is 10.3. The van der Waals surface area contributed by atoms with Gasteiger partial charge in [0.25, 0.3) is 0 Å². The number of nitrogens with two attached hydrogens (primary N) is 1. The van der Waals surface area contributed by atoms with Crippen LogP contribution in [0.15, 0.2) is 24.4 Å². The largest absolute Gasteiger partial charge is 0.326 e. The van der Waals surface area contributed by atoms with E-state index in [9.17, 15) is 0 Å². The van der Waals surface area contributed by atoms with Crippen LogP contribution in [0.1, 0.15) is 30.3 Å². The topological polar surface area (TPSA) is 56.7 Å². The summed E-state index contributed by atoms with van der Waals surface area (Å²) in [5, 5.41) is 4.37. The van der Waals surface area contributed by atoms with E-state index in [2.05, 4.69) is 23.1 Å². The average Bonchev–Trinajstić information content (AvgIpc) is 2.76. The highest BCUT2D eigenvalue weighted by Gasteiger charge is 2.04. The third-order valence-corrected chi connectivity index (χ3v) is 2.62. The van der Waals surface area contributed by atoms with Crippen LogP contribution in [-0.2, 0) is 13.0 Å². The molecule has 2 N–H and O–H groups in total. The molecule has 4 heteroatoms. The molecule has 0 radical (unpaired) electrons. The number of aromatic nitrogens is 3. The molecule has 2 heterocycles. The first kappa shape index (κ1) is 11.8. The Bertz CT molecular complexity index is 502. The number of pyridine rings is 1. The van der Waals surface area contributed by atoms with E-state index in [4.69, 9.17) is 5.73 Å². The number of hydrogen-bond donors (Lipinski definition) is 1. The van der Waals surface area contributed by atoms with Crippen LogP contribution < -0.4 is 5.73 Å². The van der Waals surface area contributed by atoms with Gasteiger partial charge in [0.2, 0.25) is 0 Å². The van der Waals surface area contributed by atoms with E-state index in [1.165, 1.54) is 0 Å². The first-order valence-electron chi connectivity index (χ1n) is 5.95. The van der Waals surface area contributed by atoms with Crippen molar-refractivity contribution in [1.29, 1.82) is 0 Å². The highest BCUT2D eigenvalue weighted by atomic mass is 15.3. The second-order valence-electron chi connectivity index (χ2n) is 4.18. The first-order valence-corrected chi connectivity index (χ1v) is 5.95. The van der Waals surface area contributed by atoms with Crippen molar-refractivity contribution in [3.63, 3.8) is 0 Å². The molecule has 4 nitrogen and oxygen atoms in total. The molecule has 2 aromatic heterocycles. The summed E-state index contributed by atoms with van der Waals surface area (Å²) < 4.78 is 1.80. The fourth-order valence-corrected chi connectivity index (χ4v) is 1.80. The number of hydrogen-bond acceptors (Lipinski definition) is 3. The van der Waals surface area contributed by atoms with Gasteiger partial charge in [0.15, 0.2) is 5.82 Å². The van der Waals surface area contributed by atoms with Crippen LogP contribution in [-0.4, -0.2) is 14.8 Å². The second kappa shape index (κ2) is 5.10. The van der Waals surface area contributed by atoms with Crippen molar-refractivity contribution in [2.24, 2.45) is 5.73 Å². The van der Waals surface area contributed by atoms with Gasteiger partial charge in [-0.15, -0.1) is 0 Å². The minimum absolute atomic E-state index is 0.534. The van der Waals surface area contributed by atoms with Crippen LogP contribution in [0, 0.1) is 6.92 Å². The standard InChI is InChI=1S/C13H18N4/c1-3-4-12-7-11(9-14)8-13(15-12)17-6-5-10(2)16-17/h5-8H,3-4,9,14H2,1-2H3. The van der Waals surface area contributed by atoms with Crippen molar-refractivity contribution in [2.45, 2.75) is 33.2 Å². The highest BCUT2D eigenvalue weighted by molar-refractivity contribution is 5.30. The maximum absolute atomic E-state index is 5.71. The third-order valence-electron chi connectivity index (χ3n) is 2.62. The molecule has 0 aliphatic carbocycles. The molecule has 0 saturated heterocycles. The van der Waals surface area contributed by atoms with E-state index in [0.717, 1.165) is 35.6 Å². The summed E-state index contributed by atoms with van der Waals surface area (Å²) in [6.07, 6.45) is 3.98. The van der Waals surface area contributed by atoms with E-state index in [-0.39, 0.29) is 0 Å². The molecule has 0 aliphatic rings. The molecule has 0 saturated carbocycles. The van der Waals surface area contributed by atoms with Crippen molar-refractivity contribution < 1.29 is 0 Å². The van der Waals surface area contributed by atoms with Gasteiger partial charge in [0.05, 0.1) is 5.69 Å². The zero-order valence-corrected chi connectivity index (χ0v) is 10.3. The van der Waals surface area contributed by atoms with Crippen LogP contribution in [0.3, 0.4) is 0 Å². The monoisotopic (exact) mass is 230 g/mol. The molecule has 0 amide bonds. The minimum atomic E-state index is 0.534. The lowest BCUT2D eigenvalue weighted by Gasteiger charge is -2.07. The first-order chi connectivity index (χ1) is 8.22. The van der Waals surface area contributed by atoms with Crippen LogP contribution in [0.4, 0.5) is 0 Å². The lowest BCUT2D eigenvalue weighted by molar-refractivity contribution is 0.799. The molecule has 17 heavy (non-hydrogen) atoms. The minimum Gasteiger partial charge on any atom is -0.326 e. The lowest BCUT2D eigenvalue weighted by atomic mass is 10.1. The quantitative estimate of drug-likeness (QED) is 0.873. The maximum Gasteiger partial charge on any atom is 0.153 e. The smallest absolute Gasteiger partial charge is 0.153 e. The zero-order chi connectivity index (χ0) is 12.3. The van der Waals surface area contributed by atoms with Crippen LogP contribution in [0.5, 0.6) is 0 Å². The normalized spacial score (nSPS) is 10.8. The Morgan fingerprint density at radius 3 is 2.76 bits per heavy atom. The Hall–Kier alpha value is -1.68. The predicted octanol–water partition coefficient (Wildman–Crippen LogP) is 1.99. The van der Waals surface area contributed by atoms with E-state index >= 15 is 0 Å². The van der Waals surface area contributed by atoms with E-state index in [0.29, 0.717) is 6.54 Å². The molecule has 0 bridgehead atoms. The Morgan fingerprint density at radius 2 is 2.18 bits per heavy atom. The van der Waals surface area contributed by atoms with Gasteiger partial charge in [-0.2, -0.15) is 5.10 Å². The van der Waals surface area contributed by atoms with Gasteiger partial charge in [-0.05, 0) is 37.1 Å². The van der Waals surface area contributed by atoms with Crippen LogP contribution in [0.2, 0.25) is 0 Å². The average molecular weight is 230 g/mol. The fourth-order valence-electron chi connectivity index (χ4n) is 1.80. The van der Waals surface area contributed by atoms with E-state index in [1.54, 1.807) is 4.68 Å². The van der Waals surface area contributed by atoms with E-state index < -0.39 is 0 Å². The van der Waals surface area contributed by atoms with Gasteiger partial charge in [0, 0.05) is 18.4 Å². The highest BCUT2D eigenvalue weighted by Crippen LogP contribution is 2.11. The molecule has 0 fully saturated rings. The summed E-state index contributed by atoms with van der Waals surface area (Å²) in [5.74, 6) is 0.851. The van der Waals surface area contributed by atoms with Gasteiger partial charge < -0.3 is 5.73 Å². The Morgan fingerprint density at radius 1 is 1.35 bits per heavy atom. The molecule has 2 aromatic rings. The second-order valence-corrected chi connectivity index (χ2v) is 4.18. The van der Waals surface area contributed by atoms with Crippen molar-refractivity contribution in [3.05, 3.63) is 41.3 Å². The Labute approximate surface area is 101 Å². The SMILES string of the molecule is CCCc1cc(CN)cc(-n2ccc(C)n2)n1.